The molecule has 0 saturated heterocycles. The zero-order valence-electron chi connectivity index (χ0n) is 33.6. The van der Waals surface area contributed by atoms with Gasteiger partial charge in [-0.25, -0.2) is 0 Å². The van der Waals surface area contributed by atoms with Gasteiger partial charge in [-0.3, -0.25) is 0 Å². The molecule has 0 spiro atoms. The van der Waals surface area contributed by atoms with Crippen LogP contribution in [-0.4, -0.2) is 0 Å². The normalized spacial score (nSPS) is 16.0. The van der Waals surface area contributed by atoms with Crippen LogP contribution in [0.2, 0.25) is 0 Å². The van der Waals surface area contributed by atoms with Crippen molar-refractivity contribution in [3.63, 3.8) is 0 Å². The van der Waals surface area contributed by atoms with E-state index < -0.39 is 5.41 Å². The van der Waals surface area contributed by atoms with Gasteiger partial charge in [-0.1, -0.05) is 218 Å². The smallest absolute Gasteiger partial charge is 0.0622 e. The van der Waals surface area contributed by atoms with Crippen LogP contribution in [0.25, 0.3) is 55.3 Å². The Kier molecular flexibility index (Phi) is 7.45. The van der Waals surface area contributed by atoms with Gasteiger partial charge in [-0.05, 0) is 123 Å². The molecule has 2 atom stereocenters. The highest BCUT2D eigenvalue weighted by atomic mass is 14.5. The molecule has 0 saturated carbocycles. The zero-order valence-corrected chi connectivity index (χ0v) is 33.6. The maximum Gasteiger partial charge on any atom is 0.0713 e. The van der Waals surface area contributed by atoms with Crippen molar-refractivity contribution in [3.05, 3.63) is 286 Å². The molecule has 284 valence electrons. The fourth-order valence-electron chi connectivity index (χ4n) is 11.6. The van der Waals surface area contributed by atoms with Crippen molar-refractivity contribution in [2.45, 2.75) is 17.3 Å². The van der Waals surface area contributed by atoms with E-state index in [-0.39, 0.29) is 11.8 Å². The van der Waals surface area contributed by atoms with Gasteiger partial charge in [0.2, 0.25) is 0 Å². The Bertz CT molecular complexity index is 3320. The van der Waals surface area contributed by atoms with Gasteiger partial charge in [0, 0.05) is 11.8 Å². The van der Waals surface area contributed by atoms with Gasteiger partial charge in [-0.15, -0.1) is 0 Å². The topological polar surface area (TPSA) is 0 Å². The Morgan fingerprint density at radius 1 is 0.295 bits per heavy atom. The Labute approximate surface area is 357 Å². The Morgan fingerprint density at radius 2 is 0.852 bits per heavy atom. The number of rotatable bonds is 5. The van der Waals surface area contributed by atoms with Gasteiger partial charge in [-0.2, -0.15) is 0 Å². The molecule has 0 nitrogen and oxygen atoms in total. The van der Waals surface area contributed by atoms with E-state index >= 15 is 0 Å². The third kappa shape index (κ3) is 4.88. The fourth-order valence-corrected chi connectivity index (χ4v) is 11.6. The monoisotopic (exact) mass is 772 g/mol. The molecule has 0 bridgehead atoms. The van der Waals surface area contributed by atoms with Crippen LogP contribution in [0.5, 0.6) is 0 Å². The lowest BCUT2D eigenvalue weighted by Crippen LogP contribution is -2.28. The van der Waals surface area contributed by atoms with Crippen LogP contribution < -0.4 is 0 Å². The highest BCUT2D eigenvalue weighted by Crippen LogP contribution is 2.62. The van der Waals surface area contributed by atoms with Gasteiger partial charge in [0.05, 0.1) is 5.41 Å². The molecule has 0 heteroatoms. The molecule has 2 unspecified atom stereocenters. The predicted molar refractivity (Wildman–Crippen MR) is 252 cm³/mol. The highest BCUT2D eigenvalue weighted by molar-refractivity contribution is 5.98. The molecule has 0 amide bonds. The van der Waals surface area contributed by atoms with E-state index in [1.807, 2.05) is 0 Å². The van der Waals surface area contributed by atoms with Crippen LogP contribution >= 0.6 is 0 Å². The molecule has 0 fully saturated rings. The summed E-state index contributed by atoms with van der Waals surface area (Å²) in [4.78, 5) is 0. The molecular formula is C61H40. The molecule has 0 aliphatic heterocycles. The van der Waals surface area contributed by atoms with Gasteiger partial charge in [0.15, 0.2) is 0 Å². The molecule has 0 radical (unpaired) electrons. The van der Waals surface area contributed by atoms with E-state index in [4.69, 9.17) is 0 Å². The van der Waals surface area contributed by atoms with Crippen molar-refractivity contribution in [1.82, 2.24) is 0 Å². The van der Waals surface area contributed by atoms with E-state index in [1.54, 1.807) is 0 Å². The number of fused-ring (bicyclic) bond motifs is 11. The van der Waals surface area contributed by atoms with Crippen molar-refractivity contribution in [2.24, 2.45) is 0 Å². The van der Waals surface area contributed by atoms with Crippen molar-refractivity contribution >= 4 is 10.8 Å². The molecule has 0 aromatic heterocycles. The summed E-state index contributed by atoms with van der Waals surface area (Å²) in [5.74, 6) is 0.299. The summed E-state index contributed by atoms with van der Waals surface area (Å²) < 4.78 is 0. The summed E-state index contributed by atoms with van der Waals surface area (Å²) in [6.07, 6.45) is 0. The van der Waals surface area contributed by atoms with Crippen LogP contribution in [0, 0.1) is 0 Å². The second-order valence-electron chi connectivity index (χ2n) is 17.1. The maximum absolute atomic E-state index is 2.49. The van der Waals surface area contributed by atoms with Crippen molar-refractivity contribution in [2.75, 3.05) is 0 Å². The number of benzene rings is 10. The van der Waals surface area contributed by atoms with E-state index in [0.717, 1.165) is 0 Å². The van der Waals surface area contributed by atoms with Crippen LogP contribution in [0.1, 0.15) is 67.5 Å². The van der Waals surface area contributed by atoms with E-state index in [1.165, 1.54) is 111 Å². The average molecular weight is 773 g/mol. The van der Waals surface area contributed by atoms with E-state index in [0.29, 0.717) is 0 Å². The van der Waals surface area contributed by atoms with Crippen molar-refractivity contribution in [1.29, 1.82) is 0 Å². The Hall–Kier alpha value is -7.54. The first-order chi connectivity index (χ1) is 30.3. The standard InChI is InChI=1S/C61H40/c1-4-17-40(18-5-1)57-48-25-13-12-24-47(48)53-37-42(30-32-49(53)57)43-31-33-50-54(38-43)51-34-35-56-59(60(51)58(50)44-29-28-39-16-10-11-19-41(39)36-44)52-26-14-15-27-55(52)61(56,45-20-6-2-7-21-45)46-22-8-3-9-23-46/h1-38,57-58H. The van der Waals surface area contributed by atoms with Crippen molar-refractivity contribution in [3.8, 4) is 44.5 Å². The van der Waals surface area contributed by atoms with Crippen molar-refractivity contribution < 1.29 is 0 Å². The highest BCUT2D eigenvalue weighted by Gasteiger charge is 2.49. The first kappa shape index (κ1) is 34.3. The molecule has 0 N–H and O–H groups in total. The molecule has 0 heterocycles. The third-order valence-electron chi connectivity index (χ3n) is 14.1. The van der Waals surface area contributed by atoms with Gasteiger partial charge in [0.1, 0.15) is 0 Å². The molecule has 10 aromatic rings. The molecule has 61 heavy (non-hydrogen) atoms. The summed E-state index contributed by atoms with van der Waals surface area (Å²) in [5, 5.41) is 2.54. The average Bonchev–Trinajstić information content (AvgIpc) is 3.96. The maximum atomic E-state index is 2.49. The largest absolute Gasteiger partial charge is 0.0713 e. The lowest BCUT2D eigenvalue weighted by Gasteiger charge is -2.34. The van der Waals surface area contributed by atoms with Gasteiger partial charge >= 0.3 is 0 Å². The second-order valence-corrected chi connectivity index (χ2v) is 17.1. The summed E-state index contributed by atoms with van der Waals surface area (Å²) >= 11 is 0. The predicted octanol–water partition coefficient (Wildman–Crippen LogP) is 15.2. The first-order valence-corrected chi connectivity index (χ1v) is 21.6. The number of hydrogen-bond donors (Lipinski definition) is 0. The SMILES string of the molecule is c1ccc(C2c3ccccc3-c3cc(-c4ccc5c(c4)-c4ccc6c(c4C5c4ccc5ccccc5c4)-c4ccccc4C6(c4ccccc4)c4ccccc4)ccc32)cc1. The molecular weight excluding hydrogens is 733 g/mol. The Morgan fingerprint density at radius 3 is 1.57 bits per heavy atom. The molecule has 13 rings (SSSR count). The van der Waals surface area contributed by atoms with Crippen LogP contribution in [-0.2, 0) is 5.41 Å². The van der Waals surface area contributed by atoms with Gasteiger partial charge < -0.3 is 0 Å². The minimum Gasteiger partial charge on any atom is -0.0622 e. The fraction of sp³-hybridized carbons (Fsp3) is 0.0492. The lowest BCUT2D eigenvalue weighted by atomic mass is 9.67. The first-order valence-electron chi connectivity index (χ1n) is 21.6. The third-order valence-corrected chi connectivity index (χ3v) is 14.1. The summed E-state index contributed by atoms with van der Waals surface area (Å²) in [6.45, 7) is 0. The quantitative estimate of drug-likeness (QED) is 0.163. The molecule has 10 aromatic carbocycles. The minimum absolute atomic E-state index is 0.0625. The second kappa shape index (κ2) is 13.2. The van der Waals surface area contributed by atoms with Gasteiger partial charge in [0.25, 0.3) is 0 Å². The lowest BCUT2D eigenvalue weighted by molar-refractivity contribution is 0.767. The number of hydrogen-bond acceptors (Lipinski definition) is 0. The molecule has 3 aliphatic carbocycles. The summed E-state index contributed by atoms with van der Waals surface area (Å²) in [5.41, 5.74) is 23.6. The minimum atomic E-state index is -0.463. The van der Waals surface area contributed by atoms with Crippen LogP contribution in [0.3, 0.4) is 0 Å². The van der Waals surface area contributed by atoms with Crippen LogP contribution in [0.4, 0.5) is 0 Å². The summed E-state index contributed by atoms with van der Waals surface area (Å²) in [7, 11) is 0. The van der Waals surface area contributed by atoms with E-state index in [9.17, 15) is 0 Å². The van der Waals surface area contributed by atoms with Crippen LogP contribution in [0.15, 0.2) is 231 Å². The van der Waals surface area contributed by atoms with E-state index in [2.05, 4.69) is 231 Å². The molecule has 3 aliphatic rings. The zero-order chi connectivity index (χ0) is 40.1. The summed E-state index contributed by atoms with van der Waals surface area (Å²) in [6, 6.07) is 86.8. The Balaban J connectivity index is 1.05.